The summed E-state index contributed by atoms with van der Waals surface area (Å²) in [5, 5.41) is 11.3. The van der Waals surface area contributed by atoms with Crippen molar-refractivity contribution in [2.75, 3.05) is 17.2 Å². The van der Waals surface area contributed by atoms with Crippen LogP contribution in [-0.4, -0.2) is 22.6 Å². The Balaban J connectivity index is 1.97. The first kappa shape index (κ1) is 15.5. The number of amides is 1. The number of H-pyrrole nitrogens is 1. The molecule has 3 N–H and O–H groups in total. The number of rotatable bonds is 4. The summed E-state index contributed by atoms with van der Waals surface area (Å²) in [6, 6.07) is 5.50. The largest absolute Gasteiger partial charge is 0.373 e. The molecule has 8 heteroatoms. The maximum atomic E-state index is 11.8. The first-order valence-corrected chi connectivity index (χ1v) is 7.17. The first-order chi connectivity index (χ1) is 9.97. The lowest BCUT2D eigenvalue weighted by molar-refractivity contribution is -0.114. The van der Waals surface area contributed by atoms with Gasteiger partial charge in [-0.15, -0.1) is 0 Å². The monoisotopic (exact) mass is 370 g/mol. The Labute approximate surface area is 134 Å². The molecule has 0 radical (unpaired) electrons. The highest BCUT2D eigenvalue weighted by Gasteiger charge is 2.07. The zero-order valence-electron chi connectivity index (χ0n) is 11.0. The summed E-state index contributed by atoms with van der Waals surface area (Å²) >= 11 is 9.18. The van der Waals surface area contributed by atoms with E-state index in [2.05, 4.69) is 36.8 Å². The minimum atomic E-state index is -0.509. The maximum absolute atomic E-state index is 11.8. The summed E-state index contributed by atoms with van der Waals surface area (Å²) in [6.45, 7) is 1.90. The minimum Gasteiger partial charge on any atom is -0.373 e. The molecule has 0 aliphatic rings. The van der Waals surface area contributed by atoms with E-state index in [1.54, 1.807) is 6.07 Å². The van der Waals surface area contributed by atoms with Crippen LogP contribution in [0.5, 0.6) is 0 Å². The second-order valence-corrected chi connectivity index (χ2v) is 5.52. The minimum absolute atomic E-state index is 0.0278. The van der Waals surface area contributed by atoms with Gasteiger partial charge >= 0.3 is 0 Å². The van der Waals surface area contributed by atoms with Gasteiger partial charge in [-0.05, 0) is 30.7 Å². The number of carbonyl (C=O) groups excluding carboxylic acids is 1. The van der Waals surface area contributed by atoms with Gasteiger partial charge in [-0.2, -0.15) is 5.10 Å². The Morgan fingerprint density at radius 3 is 2.95 bits per heavy atom. The molecule has 0 aliphatic carbocycles. The molecule has 6 nitrogen and oxygen atoms in total. The normalized spacial score (nSPS) is 10.2. The van der Waals surface area contributed by atoms with Gasteiger partial charge in [-0.25, -0.2) is 5.10 Å². The van der Waals surface area contributed by atoms with Crippen LogP contribution in [0.4, 0.5) is 11.4 Å². The molecule has 1 aromatic carbocycles. The summed E-state index contributed by atoms with van der Waals surface area (Å²) in [4.78, 5) is 23.1. The molecular formula is C13H12BrClN4O2. The quantitative estimate of drug-likeness (QED) is 0.771. The van der Waals surface area contributed by atoms with E-state index < -0.39 is 5.56 Å². The second kappa shape index (κ2) is 6.73. The molecule has 0 bridgehead atoms. The second-order valence-electron chi connectivity index (χ2n) is 4.29. The molecule has 0 aliphatic heterocycles. The lowest BCUT2D eigenvalue weighted by Gasteiger charge is -2.09. The average molecular weight is 372 g/mol. The number of nitrogens with one attached hydrogen (secondary N) is 3. The Bertz CT molecular complexity index is 732. The van der Waals surface area contributed by atoms with Gasteiger partial charge in [-0.3, -0.25) is 9.59 Å². The van der Waals surface area contributed by atoms with Crippen LogP contribution in [0.25, 0.3) is 0 Å². The number of nitrogens with zero attached hydrogens (tertiary/aromatic N) is 1. The molecule has 0 unspecified atom stereocenters. The zero-order chi connectivity index (χ0) is 15.4. The highest BCUT2D eigenvalue weighted by Crippen LogP contribution is 2.20. The van der Waals surface area contributed by atoms with E-state index in [0.29, 0.717) is 11.4 Å². The number of halogens is 2. The summed E-state index contributed by atoms with van der Waals surface area (Å²) < 4.78 is 0.972. The van der Waals surface area contributed by atoms with E-state index in [1.807, 2.05) is 19.1 Å². The molecule has 0 saturated heterocycles. The fourth-order valence-electron chi connectivity index (χ4n) is 1.61. The third-order valence-electron chi connectivity index (χ3n) is 2.68. The molecule has 0 saturated carbocycles. The number of anilines is 2. The van der Waals surface area contributed by atoms with Crippen LogP contribution in [0, 0.1) is 6.92 Å². The molecule has 2 rings (SSSR count). The van der Waals surface area contributed by atoms with Crippen LogP contribution in [-0.2, 0) is 4.79 Å². The molecule has 0 spiro atoms. The van der Waals surface area contributed by atoms with Gasteiger partial charge in [0.05, 0.1) is 18.4 Å². The van der Waals surface area contributed by atoms with Crippen molar-refractivity contribution in [2.45, 2.75) is 6.92 Å². The zero-order valence-corrected chi connectivity index (χ0v) is 13.4. The van der Waals surface area contributed by atoms with Gasteiger partial charge in [-0.1, -0.05) is 27.5 Å². The van der Waals surface area contributed by atoms with E-state index in [1.165, 1.54) is 6.20 Å². The number of aromatic amines is 1. The van der Waals surface area contributed by atoms with Crippen LogP contribution < -0.4 is 16.2 Å². The van der Waals surface area contributed by atoms with Crippen molar-refractivity contribution in [2.24, 2.45) is 0 Å². The molecule has 0 fully saturated rings. The number of hydrogen-bond acceptors (Lipinski definition) is 4. The molecule has 1 heterocycles. The Morgan fingerprint density at radius 2 is 2.24 bits per heavy atom. The highest BCUT2D eigenvalue weighted by molar-refractivity contribution is 9.10. The summed E-state index contributed by atoms with van der Waals surface area (Å²) in [5.74, 6) is -0.256. The standard InChI is InChI=1S/C13H12BrClN4O2/c1-7-4-8(2-3-9(7)14)18-11(20)6-16-10-5-17-19-13(21)12(10)15/h2-5H,6H2,1H3,(H,18,20)(H2,16,19,21). The Hall–Kier alpha value is -1.86. The van der Waals surface area contributed by atoms with Crippen LogP contribution >= 0.6 is 27.5 Å². The van der Waals surface area contributed by atoms with Crippen LogP contribution in [0.3, 0.4) is 0 Å². The van der Waals surface area contributed by atoms with Crippen molar-refractivity contribution in [1.29, 1.82) is 0 Å². The Morgan fingerprint density at radius 1 is 1.48 bits per heavy atom. The smallest absolute Gasteiger partial charge is 0.285 e. The molecule has 1 amide bonds. The SMILES string of the molecule is Cc1cc(NC(=O)CNc2cn[nH]c(=O)c2Cl)ccc1Br. The van der Waals surface area contributed by atoms with Crippen molar-refractivity contribution in [1.82, 2.24) is 10.2 Å². The van der Waals surface area contributed by atoms with Crippen molar-refractivity contribution in [3.05, 3.63) is 49.8 Å². The van der Waals surface area contributed by atoms with E-state index in [-0.39, 0.29) is 17.5 Å². The first-order valence-electron chi connectivity index (χ1n) is 6.00. The molecule has 2 aromatic rings. The lowest BCUT2D eigenvalue weighted by atomic mass is 10.2. The predicted molar refractivity (Wildman–Crippen MR) is 85.9 cm³/mol. The van der Waals surface area contributed by atoms with Gasteiger partial charge in [0.1, 0.15) is 5.02 Å². The topological polar surface area (TPSA) is 86.9 Å². The predicted octanol–water partition coefficient (Wildman–Crippen LogP) is 2.54. The van der Waals surface area contributed by atoms with Gasteiger partial charge < -0.3 is 10.6 Å². The van der Waals surface area contributed by atoms with Crippen molar-refractivity contribution in [3.8, 4) is 0 Å². The maximum Gasteiger partial charge on any atom is 0.285 e. The molecule has 110 valence electrons. The summed E-state index contributed by atoms with van der Waals surface area (Å²) in [7, 11) is 0. The molecule has 1 aromatic heterocycles. The third-order valence-corrected chi connectivity index (χ3v) is 3.94. The number of benzene rings is 1. The van der Waals surface area contributed by atoms with E-state index in [4.69, 9.17) is 11.6 Å². The van der Waals surface area contributed by atoms with Gasteiger partial charge in [0.2, 0.25) is 5.91 Å². The molecule has 0 atom stereocenters. The highest BCUT2D eigenvalue weighted by atomic mass is 79.9. The lowest BCUT2D eigenvalue weighted by Crippen LogP contribution is -2.23. The fourth-order valence-corrected chi connectivity index (χ4v) is 2.01. The van der Waals surface area contributed by atoms with Crippen LogP contribution in [0.2, 0.25) is 5.02 Å². The average Bonchev–Trinajstić information content (AvgIpc) is 2.44. The van der Waals surface area contributed by atoms with Gasteiger partial charge in [0, 0.05) is 10.2 Å². The molecule has 21 heavy (non-hydrogen) atoms. The number of aryl methyl sites for hydroxylation is 1. The van der Waals surface area contributed by atoms with Crippen LogP contribution in [0.15, 0.2) is 33.7 Å². The van der Waals surface area contributed by atoms with E-state index in [0.717, 1.165) is 10.0 Å². The molecular weight excluding hydrogens is 360 g/mol. The fraction of sp³-hybridized carbons (Fsp3) is 0.154. The van der Waals surface area contributed by atoms with Crippen molar-refractivity contribution >= 4 is 44.8 Å². The number of hydrogen-bond donors (Lipinski definition) is 3. The number of aromatic nitrogens is 2. The Kier molecular flexibility index (Phi) is 4.98. The van der Waals surface area contributed by atoms with E-state index >= 15 is 0 Å². The van der Waals surface area contributed by atoms with Gasteiger partial charge in [0.15, 0.2) is 0 Å². The van der Waals surface area contributed by atoms with Crippen molar-refractivity contribution in [3.63, 3.8) is 0 Å². The van der Waals surface area contributed by atoms with E-state index in [9.17, 15) is 9.59 Å². The summed E-state index contributed by atoms with van der Waals surface area (Å²) in [6.07, 6.45) is 1.35. The number of carbonyl (C=O) groups is 1. The van der Waals surface area contributed by atoms with Crippen molar-refractivity contribution < 1.29 is 4.79 Å². The van der Waals surface area contributed by atoms with Gasteiger partial charge in [0.25, 0.3) is 5.56 Å². The van der Waals surface area contributed by atoms with Crippen LogP contribution in [0.1, 0.15) is 5.56 Å². The third kappa shape index (κ3) is 4.05. The summed E-state index contributed by atoms with van der Waals surface area (Å²) in [5.41, 5.74) is 1.51.